The molecule has 16 nitrogen and oxygen atoms in total. The molecule has 0 aromatic heterocycles. The molecule has 16 heteroatoms. The molecule has 0 saturated carbocycles. The van der Waals surface area contributed by atoms with Crippen LogP contribution in [0.3, 0.4) is 0 Å². The number of aliphatic hydroxyl groups is 1. The number of anilines is 1. The molecule has 1 aliphatic heterocycles. The number of nitrogens with one attached hydrogen (secondary N) is 4. The molecule has 0 fully saturated rings. The predicted molar refractivity (Wildman–Crippen MR) is 156 cm³/mol. The number of nitrogens with zero attached hydrogens (tertiary/aromatic N) is 1. The van der Waals surface area contributed by atoms with Gasteiger partial charge in [0.2, 0.25) is 29.5 Å². The number of ether oxygens (including phenoxy) is 1. The van der Waals surface area contributed by atoms with Gasteiger partial charge in [0.05, 0.1) is 12.3 Å². The van der Waals surface area contributed by atoms with Crippen LogP contribution in [-0.4, -0.2) is 82.9 Å². The SMILES string of the molecule is CC(C)C(=O)OCc1ccc(NC(=O)[C@H](CCCNC(N)=O)NC(=O)[C@H](CC(N)=O)NC(=O)CCN2C(=O)C=CC2O)cc1. The van der Waals surface area contributed by atoms with Crippen molar-refractivity contribution < 1.29 is 43.4 Å². The van der Waals surface area contributed by atoms with Gasteiger partial charge in [0.1, 0.15) is 24.9 Å². The largest absolute Gasteiger partial charge is 0.461 e. The van der Waals surface area contributed by atoms with E-state index in [1.807, 2.05) is 0 Å². The molecule has 3 atom stereocenters. The minimum atomic E-state index is -1.44. The predicted octanol–water partition coefficient (Wildman–Crippen LogP) is -1.28. The molecule has 0 saturated heterocycles. The highest BCUT2D eigenvalue weighted by Gasteiger charge is 2.29. The third-order valence-corrected chi connectivity index (χ3v) is 6.33. The van der Waals surface area contributed by atoms with E-state index in [9.17, 15) is 38.7 Å². The summed E-state index contributed by atoms with van der Waals surface area (Å²) in [6.07, 6.45) is 0.644. The first kappa shape index (κ1) is 35.2. The van der Waals surface area contributed by atoms with E-state index in [4.69, 9.17) is 16.2 Å². The van der Waals surface area contributed by atoms with Crippen molar-refractivity contribution in [3.8, 4) is 0 Å². The Morgan fingerprint density at radius 3 is 2.25 bits per heavy atom. The zero-order valence-electron chi connectivity index (χ0n) is 24.5. The number of carbonyl (C=O) groups excluding carboxylic acids is 7. The lowest BCUT2D eigenvalue weighted by atomic mass is 10.1. The van der Waals surface area contributed by atoms with E-state index in [1.165, 1.54) is 6.08 Å². The van der Waals surface area contributed by atoms with E-state index < -0.39 is 60.3 Å². The number of hydrogen-bond donors (Lipinski definition) is 7. The average molecular weight is 618 g/mol. The zero-order chi connectivity index (χ0) is 32.8. The van der Waals surface area contributed by atoms with E-state index in [-0.39, 0.29) is 50.8 Å². The van der Waals surface area contributed by atoms with Gasteiger partial charge in [-0.1, -0.05) is 26.0 Å². The number of nitrogens with two attached hydrogens (primary N) is 2. The van der Waals surface area contributed by atoms with Crippen LogP contribution in [-0.2, 0) is 40.1 Å². The molecule has 1 aliphatic rings. The van der Waals surface area contributed by atoms with Gasteiger partial charge in [-0.2, -0.15) is 0 Å². The minimum Gasteiger partial charge on any atom is -0.461 e. The molecule has 7 amide bonds. The first-order valence-electron chi connectivity index (χ1n) is 13.9. The second-order valence-electron chi connectivity index (χ2n) is 10.3. The maximum Gasteiger partial charge on any atom is 0.312 e. The van der Waals surface area contributed by atoms with Crippen molar-refractivity contribution in [1.29, 1.82) is 0 Å². The van der Waals surface area contributed by atoms with Crippen LogP contribution in [0.5, 0.6) is 0 Å². The second kappa shape index (κ2) is 17.2. The standard InChI is InChI=1S/C28H39N7O9/c1-16(2)27(42)44-15-17-5-7-18(8-6-17)32-25(40)19(4-3-12-31-28(30)43)34-26(41)20(14-21(29)36)33-22(37)11-13-35-23(38)9-10-24(35)39/h5-10,16,19-20,23,38H,3-4,11-15H2,1-2H3,(H2,29,36)(H,32,40)(H,33,37)(H,34,41)(H3,30,31,43)/t19-,20-,23?/m0/s1. The van der Waals surface area contributed by atoms with Gasteiger partial charge in [-0.15, -0.1) is 0 Å². The summed E-state index contributed by atoms with van der Waals surface area (Å²) < 4.78 is 5.19. The summed E-state index contributed by atoms with van der Waals surface area (Å²) in [7, 11) is 0. The third-order valence-electron chi connectivity index (χ3n) is 6.33. The monoisotopic (exact) mass is 617 g/mol. The Labute approximate surface area is 253 Å². The van der Waals surface area contributed by atoms with Gasteiger partial charge in [0, 0.05) is 31.3 Å². The fraction of sp³-hybridized carbons (Fsp3) is 0.464. The van der Waals surface area contributed by atoms with Gasteiger partial charge in [-0.3, -0.25) is 28.8 Å². The van der Waals surface area contributed by atoms with E-state index >= 15 is 0 Å². The summed E-state index contributed by atoms with van der Waals surface area (Å²) >= 11 is 0. The normalized spacial score (nSPS) is 15.3. The van der Waals surface area contributed by atoms with Crippen LogP contribution in [0.4, 0.5) is 10.5 Å². The highest BCUT2D eigenvalue weighted by Crippen LogP contribution is 2.13. The number of primary amides is 2. The lowest BCUT2D eigenvalue weighted by molar-refractivity contribution is -0.148. The number of esters is 1. The van der Waals surface area contributed by atoms with Crippen molar-refractivity contribution in [2.45, 2.75) is 64.4 Å². The van der Waals surface area contributed by atoms with Crippen LogP contribution in [0.1, 0.15) is 45.1 Å². The lowest BCUT2D eigenvalue weighted by Gasteiger charge is -2.24. The molecule has 44 heavy (non-hydrogen) atoms. The highest BCUT2D eigenvalue weighted by atomic mass is 16.5. The van der Waals surface area contributed by atoms with E-state index in [1.54, 1.807) is 38.1 Å². The molecule has 0 aliphatic carbocycles. The smallest absolute Gasteiger partial charge is 0.312 e. The number of benzene rings is 1. The minimum absolute atomic E-state index is 0.0420. The summed E-state index contributed by atoms with van der Waals surface area (Å²) in [5, 5.41) is 19.7. The van der Waals surface area contributed by atoms with Crippen molar-refractivity contribution in [3.05, 3.63) is 42.0 Å². The summed E-state index contributed by atoms with van der Waals surface area (Å²) in [6, 6.07) is 3.09. The third kappa shape index (κ3) is 12.1. The fourth-order valence-corrected chi connectivity index (χ4v) is 3.93. The molecule has 1 unspecified atom stereocenters. The van der Waals surface area contributed by atoms with Crippen molar-refractivity contribution in [1.82, 2.24) is 20.9 Å². The summed E-state index contributed by atoms with van der Waals surface area (Å²) in [4.78, 5) is 86.1. The van der Waals surface area contributed by atoms with Crippen LogP contribution in [0, 0.1) is 5.92 Å². The van der Waals surface area contributed by atoms with Crippen LogP contribution in [0.25, 0.3) is 0 Å². The number of urea groups is 1. The average Bonchev–Trinajstić information content (AvgIpc) is 3.28. The molecule has 9 N–H and O–H groups in total. The maximum absolute atomic E-state index is 13.2. The van der Waals surface area contributed by atoms with Crippen molar-refractivity contribution in [2.75, 3.05) is 18.4 Å². The second-order valence-corrected chi connectivity index (χ2v) is 10.3. The summed E-state index contributed by atoms with van der Waals surface area (Å²) in [5.74, 6) is -4.22. The van der Waals surface area contributed by atoms with Gasteiger partial charge in [-0.05, 0) is 36.6 Å². The topological polar surface area (TPSA) is 252 Å². The van der Waals surface area contributed by atoms with Gasteiger partial charge in [0.25, 0.3) is 0 Å². The van der Waals surface area contributed by atoms with Gasteiger partial charge < -0.3 is 47.5 Å². The van der Waals surface area contributed by atoms with Crippen molar-refractivity contribution >= 4 is 47.2 Å². The maximum atomic E-state index is 13.2. The Morgan fingerprint density at radius 1 is 1.00 bits per heavy atom. The fourth-order valence-electron chi connectivity index (χ4n) is 3.93. The molecular weight excluding hydrogens is 578 g/mol. The Bertz CT molecular complexity index is 1250. The summed E-state index contributed by atoms with van der Waals surface area (Å²) in [5.41, 5.74) is 11.4. The molecule has 0 radical (unpaired) electrons. The Kier molecular flexibility index (Phi) is 13.8. The quantitative estimate of drug-likeness (QED) is 0.0811. The Balaban J connectivity index is 2.07. The molecule has 240 valence electrons. The van der Waals surface area contributed by atoms with Crippen molar-refractivity contribution in [2.24, 2.45) is 17.4 Å². The molecule has 1 heterocycles. The lowest BCUT2D eigenvalue weighted by Crippen LogP contribution is -2.54. The molecule has 0 spiro atoms. The number of amides is 7. The van der Waals surface area contributed by atoms with Crippen LogP contribution in [0.15, 0.2) is 36.4 Å². The zero-order valence-corrected chi connectivity index (χ0v) is 24.5. The van der Waals surface area contributed by atoms with E-state index in [0.29, 0.717) is 11.3 Å². The molecule has 2 rings (SSSR count). The first-order valence-corrected chi connectivity index (χ1v) is 13.9. The summed E-state index contributed by atoms with van der Waals surface area (Å²) in [6.45, 7) is 3.44. The molecule has 1 aromatic carbocycles. The molecule has 1 aromatic rings. The van der Waals surface area contributed by atoms with Crippen LogP contribution >= 0.6 is 0 Å². The molecular formula is C28H39N7O9. The van der Waals surface area contributed by atoms with Gasteiger partial charge in [-0.25, -0.2) is 4.79 Å². The number of aliphatic hydroxyl groups excluding tert-OH is 1. The number of rotatable bonds is 17. The van der Waals surface area contributed by atoms with Crippen molar-refractivity contribution in [3.63, 3.8) is 0 Å². The first-order chi connectivity index (χ1) is 20.8. The van der Waals surface area contributed by atoms with E-state index in [2.05, 4.69) is 21.3 Å². The van der Waals surface area contributed by atoms with E-state index in [0.717, 1.165) is 11.0 Å². The van der Waals surface area contributed by atoms with Crippen LogP contribution < -0.4 is 32.7 Å². The Morgan fingerprint density at radius 2 is 1.68 bits per heavy atom. The Hall–Kier alpha value is -4.99. The molecule has 0 bridgehead atoms. The van der Waals surface area contributed by atoms with Gasteiger partial charge >= 0.3 is 12.0 Å². The van der Waals surface area contributed by atoms with Gasteiger partial charge in [0.15, 0.2) is 0 Å². The highest BCUT2D eigenvalue weighted by molar-refractivity contribution is 5.99. The van der Waals surface area contributed by atoms with Crippen LogP contribution in [0.2, 0.25) is 0 Å². The number of hydrogen-bond acceptors (Lipinski definition) is 9. The number of carbonyl (C=O) groups is 7.